The quantitative estimate of drug-likeness (QED) is 0.676. The van der Waals surface area contributed by atoms with Crippen molar-refractivity contribution in [3.05, 3.63) is 60.1 Å². The Morgan fingerprint density at radius 2 is 2.13 bits per heavy atom. The van der Waals surface area contributed by atoms with E-state index >= 15 is 0 Å². The van der Waals surface area contributed by atoms with Crippen molar-refractivity contribution < 1.29 is 0 Å². The van der Waals surface area contributed by atoms with Gasteiger partial charge in [-0.1, -0.05) is 6.07 Å². The van der Waals surface area contributed by atoms with Crippen molar-refractivity contribution in [1.82, 2.24) is 25.1 Å². The van der Waals surface area contributed by atoms with E-state index in [2.05, 4.69) is 37.5 Å². The Morgan fingerprint density at radius 3 is 2.87 bits per heavy atom. The Bertz CT molecular complexity index is 724. The van der Waals surface area contributed by atoms with Crippen LogP contribution in [0.1, 0.15) is 23.6 Å². The summed E-state index contributed by atoms with van der Waals surface area (Å²) in [4.78, 5) is 13.2. The average molecular weight is 325 g/mol. The highest BCUT2D eigenvalue weighted by Crippen LogP contribution is 2.16. The average Bonchev–Trinajstić information content (AvgIpc) is 3.04. The van der Waals surface area contributed by atoms with Crippen molar-refractivity contribution in [1.29, 1.82) is 0 Å². The predicted molar refractivity (Wildman–Crippen MR) is 93.4 cm³/mol. The van der Waals surface area contributed by atoms with Gasteiger partial charge in [0.05, 0.1) is 5.69 Å². The lowest BCUT2D eigenvalue weighted by atomic mass is 10.1. The summed E-state index contributed by atoms with van der Waals surface area (Å²) in [6.07, 6.45) is 10.3. The molecule has 0 aliphatic heterocycles. The number of nitrogens with one attached hydrogen (secondary N) is 1. The molecule has 0 atom stereocenters. The molecule has 3 heterocycles. The first-order valence-electron chi connectivity index (χ1n) is 7.59. The Kier molecular flexibility index (Phi) is 5.37. The predicted octanol–water partition coefficient (Wildman–Crippen LogP) is 3.15. The molecule has 1 N–H and O–H groups in total. The largest absolute Gasteiger partial charge is 0.264 e. The second-order valence-electron chi connectivity index (χ2n) is 5.26. The first-order chi connectivity index (χ1) is 11.3. The molecule has 0 amide bonds. The van der Waals surface area contributed by atoms with Crippen LogP contribution < -0.4 is 0 Å². The van der Waals surface area contributed by atoms with Crippen molar-refractivity contribution in [2.75, 3.05) is 12.0 Å². The topological polar surface area (TPSA) is 67.3 Å². The highest BCUT2D eigenvalue weighted by atomic mass is 32.2. The van der Waals surface area contributed by atoms with Gasteiger partial charge in [-0.15, -0.1) is 0 Å². The summed E-state index contributed by atoms with van der Waals surface area (Å²) in [7, 11) is 0. The molecule has 0 radical (unpaired) electrons. The summed E-state index contributed by atoms with van der Waals surface area (Å²) in [5, 5.41) is 7.30. The van der Waals surface area contributed by atoms with Crippen LogP contribution in [-0.2, 0) is 12.8 Å². The smallest absolute Gasteiger partial charge is 0.150 e. The van der Waals surface area contributed by atoms with E-state index in [9.17, 15) is 0 Å². The number of hydrogen-bond donors (Lipinski definition) is 1. The molecule has 6 heteroatoms. The van der Waals surface area contributed by atoms with Gasteiger partial charge in [-0.3, -0.25) is 15.1 Å². The monoisotopic (exact) mass is 325 g/mol. The van der Waals surface area contributed by atoms with Gasteiger partial charge in [0.25, 0.3) is 0 Å². The van der Waals surface area contributed by atoms with Crippen LogP contribution in [0.2, 0.25) is 0 Å². The second kappa shape index (κ2) is 7.87. The van der Waals surface area contributed by atoms with E-state index in [1.165, 1.54) is 0 Å². The number of rotatable bonds is 7. The maximum absolute atomic E-state index is 4.54. The van der Waals surface area contributed by atoms with Crippen LogP contribution in [0.4, 0.5) is 0 Å². The molecule has 0 aliphatic rings. The third-order valence-electron chi connectivity index (χ3n) is 3.48. The van der Waals surface area contributed by atoms with Gasteiger partial charge in [0.2, 0.25) is 0 Å². The summed E-state index contributed by atoms with van der Waals surface area (Å²) >= 11 is 1.85. The van der Waals surface area contributed by atoms with Gasteiger partial charge < -0.3 is 0 Å². The van der Waals surface area contributed by atoms with Gasteiger partial charge >= 0.3 is 0 Å². The standard InChI is InChI=1S/C17H19N5S/c1-23-9-3-5-16-20-17(22-21-16)10-13-6-7-15(19-11-13)14-4-2-8-18-12-14/h2,4,6-8,11-12H,3,5,9-10H2,1H3,(H,20,21,22). The summed E-state index contributed by atoms with van der Waals surface area (Å²) in [6, 6.07) is 8.01. The number of aromatic amines is 1. The molecule has 0 spiro atoms. The number of thioether (sulfide) groups is 1. The van der Waals surface area contributed by atoms with Gasteiger partial charge in [-0.05, 0) is 42.2 Å². The molecule has 0 aliphatic carbocycles. The Labute approximate surface area is 140 Å². The number of H-pyrrole nitrogens is 1. The van der Waals surface area contributed by atoms with Crippen molar-refractivity contribution in [3.8, 4) is 11.3 Å². The van der Waals surface area contributed by atoms with Gasteiger partial charge in [0.15, 0.2) is 5.82 Å². The first-order valence-corrected chi connectivity index (χ1v) is 8.99. The fraction of sp³-hybridized carbons (Fsp3) is 0.294. The number of nitrogens with zero attached hydrogens (tertiary/aromatic N) is 4. The van der Waals surface area contributed by atoms with E-state index in [0.717, 1.165) is 53.5 Å². The highest BCUT2D eigenvalue weighted by Gasteiger charge is 2.05. The van der Waals surface area contributed by atoms with Gasteiger partial charge in [0, 0.05) is 37.0 Å². The third-order valence-corrected chi connectivity index (χ3v) is 4.18. The number of hydrogen-bond acceptors (Lipinski definition) is 5. The second-order valence-corrected chi connectivity index (χ2v) is 6.25. The van der Waals surface area contributed by atoms with Gasteiger partial charge in [0.1, 0.15) is 5.82 Å². The summed E-state index contributed by atoms with van der Waals surface area (Å²) in [5.41, 5.74) is 3.07. The molecule has 0 bridgehead atoms. The van der Waals surface area contributed by atoms with Crippen LogP contribution in [-0.4, -0.2) is 37.2 Å². The number of pyridine rings is 2. The van der Waals surface area contributed by atoms with Crippen molar-refractivity contribution in [2.45, 2.75) is 19.3 Å². The van der Waals surface area contributed by atoms with E-state index < -0.39 is 0 Å². The third kappa shape index (κ3) is 4.39. The molecule has 0 aromatic carbocycles. The minimum atomic E-state index is 0.718. The molecule has 23 heavy (non-hydrogen) atoms. The Morgan fingerprint density at radius 1 is 1.17 bits per heavy atom. The van der Waals surface area contributed by atoms with E-state index in [-0.39, 0.29) is 0 Å². The van der Waals surface area contributed by atoms with Crippen LogP contribution in [0.3, 0.4) is 0 Å². The minimum Gasteiger partial charge on any atom is -0.264 e. The van der Waals surface area contributed by atoms with Gasteiger partial charge in [-0.25, -0.2) is 4.98 Å². The minimum absolute atomic E-state index is 0.718. The van der Waals surface area contributed by atoms with Crippen LogP contribution in [0.15, 0.2) is 42.9 Å². The molecule has 0 saturated heterocycles. The molecule has 0 fully saturated rings. The molecular weight excluding hydrogens is 306 g/mol. The summed E-state index contributed by atoms with van der Waals surface area (Å²) < 4.78 is 0. The molecule has 5 nitrogen and oxygen atoms in total. The lowest BCUT2D eigenvalue weighted by molar-refractivity contribution is 0.848. The molecule has 3 aromatic heterocycles. The van der Waals surface area contributed by atoms with E-state index in [1.807, 2.05) is 42.4 Å². The van der Waals surface area contributed by atoms with Gasteiger partial charge in [-0.2, -0.15) is 16.9 Å². The zero-order chi connectivity index (χ0) is 15.9. The fourth-order valence-electron chi connectivity index (χ4n) is 2.31. The lowest BCUT2D eigenvalue weighted by Crippen LogP contribution is -1.94. The molecule has 0 unspecified atom stereocenters. The normalized spacial score (nSPS) is 10.8. The van der Waals surface area contributed by atoms with E-state index in [4.69, 9.17) is 0 Å². The van der Waals surface area contributed by atoms with Crippen molar-refractivity contribution in [2.24, 2.45) is 0 Å². The highest BCUT2D eigenvalue weighted by molar-refractivity contribution is 7.98. The van der Waals surface area contributed by atoms with Crippen LogP contribution in [0.5, 0.6) is 0 Å². The molecular formula is C17H19N5S. The lowest BCUT2D eigenvalue weighted by Gasteiger charge is -2.02. The number of aromatic nitrogens is 5. The molecule has 0 saturated carbocycles. The zero-order valence-electron chi connectivity index (χ0n) is 13.1. The van der Waals surface area contributed by atoms with Crippen molar-refractivity contribution >= 4 is 11.8 Å². The molecule has 118 valence electrons. The molecule has 3 rings (SSSR count). The Hall–Kier alpha value is -2.21. The summed E-state index contributed by atoms with van der Waals surface area (Å²) in [5.74, 6) is 2.93. The Balaban J connectivity index is 1.62. The van der Waals surface area contributed by atoms with Crippen molar-refractivity contribution in [3.63, 3.8) is 0 Å². The maximum Gasteiger partial charge on any atom is 0.150 e. The maximum atomic E-state index is 4.54. The van der Waals surface area contributed by atoms with E-state index in [1.54, 1.807) is 6.20 Å². The SMILES string of the molecule is CSCCCc1n[nH]c(Cc2ccc(-c3cccnc3)nc2)n1. The van der Waals surface area contributed by atoms with Crippen LogP contribution in [0, 0.1) is 0 Å². The molecule has 3 aromatic rings. The first kappa shape index (κ1) is 15.7. The zero-order valence-corrected chi connectivity index (χ0v) is 13.9. The van der Waals surface area contributed by atoms with E-state index in [0.29, 0.717) is 0 Å². The van der Waals surface area contributed by atoms with Crippen LogP contribution in [0.25, 0.3) is 11.3 Å². The van der Waals surface area contributed by atoms with Crippen LogP contribution >= 0.6 is 11.8 Å². The summed E-state index contributed by atoms with van der Waals surface area (Å²) in [6.45, 7) is 0. The number of aryl methyl sites for hydroxylation is 1. The fourth-order valence-corrected chi connectivity index (χ4v) is 2.74.